The van der Waals surface area contributed by atoms with Gasteiger partial charge in [0.05, 0.1) is 6.61 Å². The third kappa shape index (κ3) is 3.65. The number of benzene rings is 1. The number of hydrogen-bond donors (Lipinski definition) is 2. The van der Waals surface area contributed by atoms with Crippen molar-refractivity contribution in [3.8, 4) is 11.8 Å². The molecule has 0 spiro atoms. The van der Waals surface area contributed by atoms with Gasteiger partial charge in [-0.05, 0) is 48.8 Å². The van der Waals surface area contributed by atoms with Crippen LogP contribution < -0.4 is 5.32 Å². The van der Waals surface area contributed by atoms with Gasteiger partial charge in [0, 0.05) is 24.4 Å². The highest BCUT2D eigenvalue weighted by molar-refractivity contribution is 5.79. The van der Waals surface area contributed by atoms with Crippen LogP contribution in [0.4, 0.5) is 0 Å². The number of nitrogens with one attached hydrogen (secondary N) is 1. The van der Waals surface area contributed by atoms with Crippen LogP contribution in [0.1, 0.15) is 36.8 Å². The summed E-state index contributed by atoms with van der Waals surface area (Å²) in [5.41, 5.74) is 2.04. The van der Waals surface area contributed by atoms with E-state index in [1.54, 1.807) is 0 Å². The molecule has 0 aromatic heterocycles. The summed E-state index contributed by atoms with van der Waals surface area (Å²) < 4.78 is 0. The van der Waals surface area contributed by atoms with Crippen molar-refractivity contribution in [2.24, 2.45) is 17.8 Å². The SMILES string of the molecule is O=C(NCc1ccc(C#CCCO)cc1)C1CC2CC2C1. The molecular formula is C18H21NO2. The second-order valence-corrected chi connectivity index (χ2v) is 6.11. The number of amides is 1. The molecule has 1 aromatic rings. The zero-order chi connectivity index (χ0) is 14.7. The van der Waals surface area contributed by atoms with Crippen LogP contribution in [0.2, 0.25) is 0 Å². The normalized spacial score (nSPS) is 25.7. The van der Waals surface area contributed by atoms with Crippen LogP contribution in [0.3, 0.4) is 0 Å². The average molecular weight is 283 g/mol. The predicted octanol–water partition coefficient (Wildman–Crippen LogP) is 2.08. The summed E-state index contributed by atoms with van der Waals surface area (Å²) in [6.07, 6.45) is 4.04. The second-order valence-electron chi connectivity index (χ2n) is 6.11. The highest BCUT2D eigenvalue weighted by Gasteiger charge is 2.47. The van der Waals surface area contributed by atoms with E-state index < -0.39 is 0 Å². The smallest absolute Gasteiger partial charge is 0.223 e. The first kappa shape index (κ1) is 14.2. The van der Waals surface area contributed by atoms with Gasteiger partial charge in [-0.3, -0.25) is 4.79 Å². The molecule has 110 valence electrons. The quantitative estimate of drug-likeness (QED) is 0.831. The van der Waals surface area contributed by atoms with Crippen molar-refractivity contribution in [1.29, 1.82) is 0 Å². The van der Waals surface area contributed by atoms with E-state index in [0.29, 0.717) is 13.0 Å². The van der Waals surface area contributed by atoms with Crippen molar-refractivity contribution < 1.29 is 9.90 Å². The van der Waals surface area contributed by atoms with Crippen LogP contribution in [-0.4, -0.2) is 17.6 Å². The van der Waals surface area contributed by atoms with Crippen LogP contribution in [-0.2, 0) is 11.3 Å². The minimum atomic E-state index is 0.0972. The number of hydrogen-bond acceptors (Lipinski definition) is 2. The average Bonchev–Trinajstić information content (AvgIpc) is 3.12. The van der Waals surface area contributed by atoms with Gasteiger partial charge in [0.1, 0.15) is 0 Å². The van der Waals surface area contributed by atoms with Crippen molar-refractivity contribution in [3.63, 3.8) is 0 Å². The van der Waals surface area contributed by atoms with Gasteiger partial charge < -0.3 is 10.4 Å². The highest BCUT2D eigenvalue weighted by Crippen LogP contribution is 2.54. The Morgan fingerprint density at radius 1 is 1.19 bits per heavy atom. The summed E-state index contributed by atoms with van der Waals surface area (Å²) in [5, 5.41) is 11.7. The lowest BCUT2D eigenvalue weighted by atomic mass is 10.0. The Labute approximate surface area is 125 Å². The third-order valence-corrected chi connectivity index (χ3v) is 4.50. The van der Waals surface area contributed by atoms with E-state index in [-0.39, 0.29) is 18.4 Å². The van der Waals surface area contributed by atoms with Crippen molar-refractivity contribution in [2.45, 2.75) is 32.2 Å². The van der Waals surface area contributed by atoms with Crippen molar-refractivity contribution in [3.05, 3.63) is 35.4 Å². The Bertz CT molecular complexity index is 557. The molecule has 1 amide bonds. The fourth-order valence-electron chi connectivity index (χ4n) is 3.19. The minimum Gasteiger partial charge on any atom is -0.395 e. The molecule has 2 N–H and O–H groups in total. The van der Waals surface area contributed by atoms with Gasteiger partial charge in [-0.15, -0.1) is 0 Å². The van der Waals surface area contributed by atoms with Gasteiger partial charge in [0.15, 0.2) is 0 Å². The first-order valence-corrected chi connectivity index (χ1v) is 7.72. The number of aliphatic hydroxyl groups excluding tert-OH is 1. The Balaban J connectivity index is 1.47. The summed E-state index contributed by atoms with van der Waals surface area (Å²) in [5.74, 6) is 8.05. The summed E-state index contributed by atoms with van der Waals surface area (Å²) in [4.78, 5) is 12.1. The monoisotopic (exact) mass is 283 g/mol. The Kier molecular flexibility index (Phi) is 4.26. The third-order valence-electron chi connectivity index (χ3n) is 4.50. The van der Waals surface area contributed by atoms with E-state index in [2.05, 4.69) is 17.2 Å². The minimum absolute atomic E-state index is 0.0972. The maximum Gasteiger partial charge on any atom is 0.223 e. The van der Waals surface area contributed by atoms with Crippen molar-refractivity contribution in [2.75, 3.05) is 6.61 Å². The molecule has 0 aliphatic heterocycles. The maximum absolute atomic E-state index is 12.1. The molecule has 2 fully saturated rings. The molecule has 1 aromatic carbocycles. The first-order valence-electron chi connectivity index (χ1n) is 7.72. The molecule has 0 heterocycles. The second kappa shape index (κ2) is 6.32. The van der Waals surface area contributed by atoms with E-state index in [0.717, 1.165) is 35.8 Å². The molecule has 0 radical (unpaired) electrons. The van der Waals surface area contributed by atoms with Crippen LogP contribution in [0, 0.1) is 29.6 Å². The van der Waals surface area contributed by atoms with Crippen molar-refractivity contribution in [1.82, 2.24) is 5.32 Å². The number of carbonyl (C=O) groups excluding carboxylic acids is 1. The van der Waals surface area contributed by atoms with Crippen LogP contribution in [0.15, 0.2) is 24.3 Å². The number of rotatable bonds is 4. The summed E-state index contributed by atoms with van der Waals surface area (Å²) in [7, 11) is 0. The molecule has 0 bridgehead atoms. The molecule has 2 aliphatic rings. The molecule has 0 saturated heterocycles. The van der Waals surface area contributed by atoms with Gasteiger partial charge in [-0.25, -0.2) is 0 Å². The standard InChI is InChI=1S/C18H21NO2/c20-8-2-1-3-13-4-6-14(7-5-13)12-19-18(21)17-10-15-9-16(15)11-17/h4-7,15-17,20H,2,8-12H2,(H,19,21). The maximum atomic E-state index is 12.1. The lowest BCUT2D eigenvalue weighted by Gasteiger charge is -2.12. The van der Waals surface area contributed by atoms with E-state index in [4.69, 9.17) is 5.11 Å². The Morgan fingerprint density at radius 2 is 1.90 bits per heavy atom. The summed E-state index contributed by atoms with van der Waals surface area (Å²) in [6, 6.07) is 7.90. The summed E-state index contributed by atoms with van der Waals surface area (Å²) in [6.45, 7) is 0.689. The molecule has 3 heteroatoms. The zero-order valence-corrected chi connectivity index (χ0v) is 12.1. The molecule has 21 heavy (non-hydrogen) atoms. The zero-order valence-electron chi connectivity index (χ0n) is 12.1. The summed E-state index contributed by atoms with van der Waals surface area (Å²) >= 11 is 0. The molecule has 3 rings (SSSR count). The lowest BCUT2D eigenvalue weighted by Crippen LogP contribution is -2.29. The fraction of sp³-hybridized carbons (Fsp3) is 0.500. The van der Waals surface area contributed by atoms with E-state index in [9.17, 15) is 4.79 Å². The topological polar surface area (TPSA) is 49.3 Å². The molecule has 2 saturated carbocycles. The molecular weight excluding hydrogens is 262 g/mol. The number of aliphatic hydroxyl groups is 1. The van der Waals surface area contributed by atoms with Gasteiger partial charge in [0.25, 0.3) is 0 Å². The van der Waals surface area contributed by atoms with E-state index in [1.165, 1.54) is 6.42 Å². The molecule has 3 nitrogen and oxygen atoms in total. The van der Waals surface area contributed by atoms with E-state index in [1.807, 2.05) is 24.3 Å². The molecule has 2 atom stereocenters. The highest BCUT2D eigenvalue weighted by atomic mass is 16.2. The molecule has 2 aliphatic carbocycles. The van der Waals surface area contributed by atoms with Crippen molar-refractivity contribution >= 4 is 5.91 Å². The Hall–Kier alpha value is -1.79. The molecule has 2 unspecified atom stereocenters. The van der Waals surface area contributed by atoms with E-state index >= 15 is 0 Å². The first-order chi connectivity index (χ1) is 10.3. The van der Waals surface area contributed by atoms with Gasteiger partial charge in [0.2, 0.25) is 5.91 Å². The van der Waals surface area contributed by atoms with Gasteiger partial charge in [-0.2, -0.15) is 0 Å². The van der Waals surface area contributed by atoms with Gasteiger partial charge in [-0.1, -0.05) is 24.0 Å². The van der Waals surface area contributed by atoms with Gasteiger partial charge >= 0.3 is 0 Å². The van der Waals surface area contributed by atoms with Crippen LogP contribution in [0.5, 0.6) is 0 Å². The fourth-order valence-corrected chi connectivity index (χ4v) is 3.19. The van der Waals surface area contributed by atoms with Crippen LogP contribution in [0.25, 0.3) is 0 Å². The van der Waals surface area contributed by atoms with Crippen LogP contribution >= 0.6 is 0 Å². The largest absolute Gasteiger partial charge is 0.395 e. The Morgan fingerprint density at radius 3 is 2.57 bits per heavy atom. The number of carbonyl (C=O) groups is 1. The lowest BCUT2D eigenvalue weighted by molar-refractivity contribution is -0.125. The predicted molar refractivity (Wildman–Crippen MR) is 81.2 cm³/mol. The number of fused-ring (bicyclic) bond motifs is 1.